The van der Waals surface area contributed by atoms with Crippen molar-refractivity contribution in [1.29, 1.82) is 0 Å². The summed E-state index contributed by atoms with van der Waals surface area (Å²) in [4.78, 5) is 18.9. The first-order valence-corrected chi connectivity index (χ1v) is 9.76. The number of para-hydroxylation sites is 1. The van der Waals surface area contributed by atoms with Gasteiger partial charge in [-0.25, -0.2) is 4.79 Å². The Bertz CT molecular complexity index is 974. The van der Waals surface area contributed by atoms with Crippen LogP contribution < -0.4 is 5.32 Å². The van der Waals surface area contributed by atoms with E-state index in [0.29, 0.717) is 40.5 Å². The van der Waals surface area contributed by atoms with E-state index in [0.717, 1.165) is 18.4 Å². The molecule has 4 rings (SSSR count). The molecule has 2 amide bonds. The number of likely N-dealkylation sites (tertiary alicyclic amines) is 1. The van der Waals surface area contributed by atoms with Crippen LogP contribution in [0.2, 0.25) is 10.0 Å². The molecule has 1 N–H and O–H groups in total. The van der Waals surface area contributed by atoms with Gasteiger partial charge in [-0.3, -0.25) is 0 Å². The van der Waals surface area contributed by atoms with Crippen LogP contribution in [-0.2, 0) is 0 Å². The number of amides is 2. The van der Waals surface area contributed by atoms with Gasteiger partial charge >= 0.3 is 6.03 Å². The number of piperidine rings is 1. The second-order valence-corrected chi connectivity index (χ2v) is 7.50. The normalized spacial score (nSPS) is 16.8. The zero-order chi connectivity index (χ0) is 19.5. The predicted molar refractivity (Wildman–Crippen MR) is 109 cm³/mol. The van der Waals surface area contributed by atoms with Crippen LogP contribution in [0.3, 0.4) is 0 Å². The number of hydrogen-bond donors (Lipinski definition) is 1. The third-order valence-corrected chi connectivity index (χ3v) is 5.30. The molecule has 28 heavy (non-hydrogen) atoms. The van der Waals surface area contributed by atoms with Crippen molar-refractivity contribution >= 4 is 34.9 Å². The van der Waals surface area contributed by atoms with Gasteiger partial charge in [0.25, 0.3) is 0 Å². The van der Waals surface area contributed by atoms with Crippen molar-refractivity contribution in [2.45, 2.75) is 18.8 Å². The molecule has 1 aliphatic rings. The Morgan fingerprint density at radius 1 is 1.14 bits per heavy atom. The maximum atomic E-state index is 12.6. The van der Waals surface area contributed by atoms with Gasteiger partial charge in [0.15, 0.2) is 0 Å². The van der Waals surface area contributed by atoms with Crippen LogP contribution in [0.1, 0.15) is 24.7 Å². The molecule has 6 nitrogen and oxygen atoms in total. The van der Waals surface area contributed by atoms with Crippen molar-refractivity contribution in [3.8, 4) is 11.4 Å². The molecule has 2 aromatic carbocycles. The van der Waals surface area contributed by atoms with E-state index in [-0.39, 0.29) is 11.9 Å². The van der Waals surface area contributed by atoms with Crippen molar-refractivity contribution in [3.05, 3.63) is 64.5 Å². The molecule has 1 fully saturated rings. The van der Waals surface area contributed by atoms with Gasteiger partial charge in [0.05, 0.1) is 16.6 Å². The van der Waals surface area contributed by atoms with Gasteiger partial charge in [0.1, 0.15) is 0 Å². The minimum absolute atomic E-state index is 0.000652. The van der Waals surface area contributed by atoms with Crippen molar-refractivity contribution in [1.82, 2.24) is 15.0 Å². The fourth-order valence-electron chi connectivity index (χ4n) is 3.24. The maximum Gasteiger partial charge on any atom is 0.321 e. The average molecular weight is 417 g/mol. The lowest BCUT2D eigenvalue weighted by Crippen LogP contribution is -2.41. The number of nitrogens with one attached hydrogen (secondary N) is 1. The summed E-state index contributed by atoms with van der Waals surface area (Å²) in [6, 6.07) is 14.3. The molecule has 0 unspecified atom stereocenters. The third-order valence-electron chi connectivity index (χ3n) is 4.72. The fourth-order valence-corrected chi connectivity index (χ4v) is 3.55. The Morgan fingerprint density at radius 3 is 2.71 bits per heavy atom. The Labute approximate surface area is 172 Å². The second-order valence-electron chi connectivity index (χ2n) is 6.66. The van der Waals surface area contributed by atoms with Gasteiger partial charge in [-0.2, -0.15) is 4.98 Å². The molecule has 1 atom stereocenters. The molecule has 2 heterocycles. The van der Waals surface area contributed by atoms with Crippen molar-refractivity contribution in [3.63, 3.8) is 0 Å². The highest BCUT2D eigenvalue weighted by molar-refractivity contribution is 6.33. The summed E-state index contributed by atoms with van der Waals surface area (Å²) >= 11 is 12.1. The van der Waals surface area contributed by atoms with E-state index < -0.39 is 0 Å². The molecule has 0 radical (unpaired) electrons. The molecular weight excluding hydrogens is 399 g/mol. The van der Waals surface area contributed by atoms with Crippen molar-refractivity contribution in [2.75, 3.05) is 18.4 Å². The largest absolute Gasteiger partial charge is 0.339 e. The standard InChI is InChI=1S/C20H18Cl2N4O2/c21-15-9-7-13(8-10-15)18-24-19(28-25-18)14-4-3-11-26(12-14)20(27)23-17-6-2-1-5-16(17)22/h1-2,5-10,14H,3-4,11-12H2,(H,23,27)/t14-/m1/s1. The molecule has 3 aromatic rings. The number of urea groups is 1. The summed E-state index contributed by atoms with van der Waals surface area (Å²) in [5.41, 5.74) is 1.43. The van der Waals surface area contributed by atoms with E-state index in [4.69, 9.17) is 27.7 Å². The zero-order valence-corrected chi connectivity index (χ0v) is 16.5. The number of halogens is 2. The molecule has 0 aliphatic carbocycles. The number of carbonyl (C=O) groups is 1. The number of nitrogens with zero attached hydrogens (tertiary/aromatic N) is 3. The van der Waals surface area contributed by atoms with E-state index in [9.17, 15) is 4.79 Å². The smallest absolute Gasteiger partial charge is 0.321 e. The summed E-state index contributed by atoms with van der Waals surface area (Å²) in [6.07, 6.45) is 1.75. The summed E-state index contributed by atoms with van der Waals surface area (Å²) in [6.45, 7) is 1.18. The number of anilines is 1. The second kappa shape index (κ2) is 8.20. The molecule has 8 heteroatoms. The van der Waals surface area contributed by atoms with Crippen LogP contribution in [-0.4, -0.2) is 34.2 Å². The monoisotopic (exact) mass is 416 g/mol. The SMILES string of the molecule is O=C(Nc1ccccc1Cl)N1CCC[C@@H](c2nc(-c3ccc(Cl)cc3)no2)C1. The minimum Gasteiger partial charge on any atom is -0.339 e. The van der Waals surface area contributed by atoms with Crippen LogP contribution in [0, 0.1) is 0 Å². The number of hydrogen-bond acceptors (Lipinski definition) is 4. The summed E-state index contributed by atoms with van der Waals surface area (Å²) in [5, 5.41) is 8.10. The van der Waals surface area contributed by atoms with Gasteiger partial charge in [0, 0.05) is 23.7 Å². The van der Waals surface area contributed by atoms with E-state index in [2.05, 4.69) is 15.5 Å². The number of rotatable bonds is 3. The number of benzene rings is 2. The summed E-state index contributed by atoms with van der Waals surface area (Å²) < 4.78 is 5.48. The zero-order valence-electron chi connectivity index (χ0n) is 14.9. The molecule has 1 aliphatic heterocycles. The Kier molecular flexibility index (Phi) is 5.50. The number of carbonyl (C=O) groups excluding carboxylic acids is 1. The lowest BCUT2D eigenvalue weighted by molar-refractivity contribution is 0.184. The van der Waals surface area contributed by atoms with Gasteiger partial charge in [0.2, 0.25) is 11.7 Å². The number of aromatic nitrogens is 2. The highest BCUT2D eigenvalue weighted by Crippen LogP contribution is 2.29. The van der Waals surface area contributed by atoms with Crippen LogP contribution >= 0.6 is 23.2 Å². The topological polar surface area (TPSA) is 71.3 Å². The average Bonchev–Trinajstić information content (AvgIpc) is 3.21. The lowest BCUT2D eigenvalue weighted by Gasteiger charge is -2.31. The van der Waals surface area contributed by atoms with Gasteiger partial charge in [-0.05, 0) is 49.2 Å². The highest BCUT2D eigenvalue weighted by atomic mass is 35.5. The van der Waals surface area contributed by atoms with E-state index in [1.54, 1.807) is 29.2 Å². The fraction of sp³-hybridized carbons (Fsp3) is 0.250. The Morgan fingerprint density at radius 2 is 1.93 bits per heavy atom. The molecule has 0 bridgehead atoms. The van der Waals surface area contributed by atoms with Gasteiger partial charge < -0.3 is 14.7 Å². The maximum absolute atomic E-state index is 12.6. The van der Waals surface area contributed by atoms with Crippen LogP contribution in [0.4, 0.5) is 10.5 Å². The third kappa shape index (κ3) is 4.13. The quantitative estimate of drug-likeness (QED) is 0.615. The Hall–Kier alpha value is -2.57. The lowest BCUT2D eigenvalue weighted by atomic mass is 9.98. The molecule has 0 spiro atoms. The summed E-state index contributed by atoms with van der Waals surface area (Å²) in [5.74, 6) is 1.06. The first-order valence-electron chi connectivity index (χ1n) is 9.00. The highest BCUT2D eigenvalue weighted by Gasteiger charge is 2.29. The molecule has 0 saturated carbocycles. The molecular formula is C20H18Cl2N4O2. The minimum atomic E-state index is -0.185. The Balaban J connectivity index is 1.44. The molecule has 1 aromatic heterocycles. The van der Waals surface area contributed by atoms with Crippen LogP contribution in [0.15, 0.2) is 53.1 Å². The first kappa shape index (κ1) is 18.8. The first-order chi connectivity index (χ1) is 13.6. The van der Waals surface area contributed by atoms with Crippen LogP contribution in [0.25, 0.3) is 11.4 Å². The van der Waals surface area contributed by atoms with Gasteiger partial charge in [-0.1, -0.05) is 40.5 Å². The van der Waals surface area contributed by atoms with Crippen LogP contribution in [0.5, 0.6) is 0 Å². The van der Waals surface area contributed by atoms with E-state index >= 15 is 0 Å². The molecule has 1 saturated heterocycles. The van der Waals surface area contributed by atoms with Crippen molar-refractivity contribution < 1.29 is 9.32 Å². The van der Waals surface area contributed by atoms with Crippen molar-refractivity contribution in [2.24, 2.45) is 0 Å². The van der Waals surface area contributed by atoms with E-state index in [1.165, 1.54) is 0 Å². The van der Waals surface area contributed by atoms with E-state index in [1.807, 2.05) is 24.3 Å². The van der Waals surface area contributed by atoms with Gasteiger partial charge in [-0.15, -0.1) is 0 Å². The summed E-state index contributed by atoms with van der Waals surface area (Å²) in [7, 11) is 0. The molecule has 144 valence electrons. The predicted octanol–water partition coefficient (Wildman–Crippen LogP) is 5.45.